The van der Waals surface area contributed by atoms with Crippen LogP contribution in [0.15, 0.2) is 43.0 Å². The van der Waals surface area contributed by atoms with Crippen LogP contribution in [0, 0.1) is 11.3 Å². The van der Waals surface area contributed by atoms with Gasteiger partial charge in [0.25, 0.3) is 0 Å². The van der Waals surface area contributed by atoms with Crippen molar-refractivity contribution in [2.45, 2.75) is 19.1 Å². The molecule has 1 atom stereocenters. The largest absolute Gasteiger partial charge is 0.417 e. The number of hydrogen-bond donors (Lipinski definition) is 3. The minimum Gasteiger partial charge on any atom is -0.373 e. The average molecular weight is 438 g/mol. The lowest BCUT2D eigenvalue weighted by molar-refractivity contribution is -0.137. The first kappa shape index (κ1) is 21.0. The molecule has 4 heterocycles. The number of nitriles is 1. The van der Waals surface area contributed by atoms with Gasteiger partial charge in [-0.25, -0.2) is 19.9 Å². The van der Waals surface area contributed by atoms with E-state index in [1.165, 1.54) is 12.4 Å². The number of halogens is 3. The summed E-state index contributed by atoms with van der Waals surface area (Å²) >= 11 is 0. The Bertz CT molecular complexity index is 1310. The molecule has 0 fully saturated rings. The number of fused-ring (bicyclic) bond motifs is 1. The van der Waals surface area contributed by atoms with E-state index < -0.39 is 11.7 Å². The molecule has 0 aliphatic heterocycles. The van der Waals surface area contributed by atoms with Crippen LogP contribution in [0.4, 0.5) is 24.9 Å². The lowest BCUT2D eigenvalue weighted by Crippen LogP contribution is -2.11. The molecule has 4 aromatic rings. The number of alkyl halides is 3. The molecule has 0 spiro atoms. The maximum absolute atomic E-state index is 13.2. The van der Waals surface area contributed by atoms with E-state index in [1.54, 1.807) is 13.2 Å². The Balaban J connectivity index is 1.72. The minimum absolute atomic E-state index is 0.126. The maximum Gasteiger partial charge on any atom is 0.417 e. The summed E-state index contributed by atoms with van der Waals surface area (Å²) in [6, 6.07) is 6.49. The van der Waals surface area contributed by atoms with Gasteiger partial charge in [0.2, 0.25) is 5.95 Å². The van der Waals surface area contributed by atoms with Crippen LogP contribution in [-0.4, -0.2) is 32.0 Å². The highest BCUT2D eigenvalue weighted by molar-refractivity contribution is 5.94. The fourth-order valence-electron chi connectivity index (χ4n) is 3.18. The summed E-state index contributed by atoms with van der Waals surface area (Å²) in [7, 11) is 1.77. The van der Waals surface area contributed by atoms with Crippen molar-refractivity contribution in [2.75, 3.05) is 17.7 Å². The van der Waals surface area contributed by atoms with Gasteiger partial charge in [-0.2, -0.15) is 18.4 Å². The van der Waals surface area contributed by atoms with E-state index in [2.05, 4.69) is 35.6 Å². The van der Waals surface area contributed by atoms with Crippen molar-refractivity contribution in [2.24, 2.45) is 0 Å². The Hall–Kier alpha value is -4.20. The van der Waals surface area contributed by atoms with Gasteiger partial charge in [-0.1, -0.05) is 6.07 Å². The number of aromatic amines is 1. The standard InChI is InChI=1S/C21H17F3N8/c1-11(12-3-4-17(26-2)27-7-12)31-20-30-8-13(6-25)18(32-20)16-10-29-19-15(16)5-14(9-28-19)21(22,23)24/h3-5,7-11H,1-2H3,(H,26,27)(H,28,29)(H,30,31,32). The molecule has 0 radical (unpaired) electrons. The molecule has 8 nitrogen and oxygen atoms in total. The third-order valence-electron chi connectivity index (χ3n) is 4.91. The van der Waals surface area contributed by atoms with Crippen molar-refractivity contribution in [3.05, 3.63) is 59.7 Å². The first-order valence-corrected chi connectivity index (χ1v) is 9.52. The Morgan fingerprint density at radius 3 is 2.59 bits per heavy atom. The summed E-state index contributed by atoms with van der Waals surface area (Å²) in [6.45, 7) is 1.89. The molecule has 4 aromatic heterocycles. The van der Waals surface area contributed by atoms with Crippen LogP contribution in [0.1, 0.15) is 29.7 Å². The Morgan fingerprint density at radius 2 is 1.94 bits per heavy atom. The van der Waals surface area contributed by atoms with E-state index in [1.807, 2.05) is 25.1 Å². The summed E-state index contributed by atoms with van der Waals surface area (Å²) in [5.41, 5.74) is 0.907. The van der Waals surface area contributed by atoms with E-state index >= 15 is 0 Å². The molecule has 0 bridgehead atoms. The van der Waals surface area contributed by atoms with E-state index in [-0.39, 0.29) is 34.3 Å². The van der Waals surface area contributed by atoms with Crippen molar-refractivity contribution in [1.82, 2.24) is 24.9 Å². The van der Waals surface area contributed by atoms with Gasteiger partial charge >= 0.3 is 6.18 Å². The molecule has 0 saturated heterocycles. The van der Waals surface area contributed by atoms with Crippen LogP contribution in [-0.2, 0) is 6.18 Å². The third kappa shape index (κ3) is 4.02. The lowest BCUT2D eigenvalue weighted by atomic mass is 10.1. The number of anilines is 2. The smallest absolute Gasteiger partial charge is 0.373 e. The van der Waals surface area contributed by atoms with E-state index in [4.69, 9.17) is 0 Å². The third-order valence-corrected chi connectivity index (χ3v) is 4.91. The highest BCUT2D eigenvalue weighted by atomic mass is 19.4. The molecule has 0 aliphatic carbocycles. The number of rotatable bonds is 5. The molecular weight excluding hydrogens is 421 g/mol. The zero-order chi connectivity index (χ0) is 22.9. The lowest BCUT2D eigenvalue weighted by Gasteiger charge is -2.15. The summed E-state index contributed by atoms with van der Waals surface area (Å²) in [4.78, 5) is 19.5. The van der Waals surface area contributed by atoms with Crippen molar-refractivity contribution in [3.8, 4) is 17.3 Å². The molecule has 4 rings (SSSR count). The first-order valence-electron chi connectivity index (χ1n) is 9.52. The zero-order valence-electron chi connectivity index (χ0n) is 17.0. The molecule has 0 aliphatic rings. The van der Waals surface area contributed by atoms with Crippen molar-refractivity contribution >= 4 is 22.8 Å². The molecular formula is C21H17F3N8. The molecule has 0 saturated carbocycles. The van der Waals surface area contributed by atoms with Crippen LogP contribution in [0.3, 0.4) is 0 Å². The fraction of sp³-hybridized carbons (Fsp3) is 0.190. The van der Waals surface area contributed by atoms with Crippen LogP contribution in [0.5, 0.6) is 0 Å². The summed E-state index contributed by atoms with van der Waals surface area (Å²) in [6.07, 6.45) is 0.737. The average Bonchev–Trinajstić information content (AvgIpc) is 3.21. The molecule has 0 amide bonds. The topological polar surface area (TPSA) is 115 Å². The minimum atomic E-state index is -4.54. The molecule has 1 unspecified atom stereocenters. The van der Waals surface area contributed by atoms with Gasteiger partial charge in [0.15, 0.2) is 0 Å². The second kappa shape index (κ2) is 8.14. The van der Waals surface area contributed by atoms with Crippen molar-refractivity contribution in [1.29, 1.82) is 5.26 Å². The van der Waals surface area contributed by atoms with Crippen LogP contribution >= 0.6 is 0 Å². The number of aromatic nitrogens is 5. The normalized spacial score (nSPS) is 12.4. The molecule has 32 heavy (non-hydrogen) atoms. The number of hydrogen-bond acceptors (Lipinski definition) is 7. The number of pyridine rings is 2. The summed E-state index contributed by atoms with van der Waals surface area (Å²) in [5, 5.41) is 15.8. The summed E-state index contributed by atoms with van der Waals surface area (Å²) < 4.78 is 39.5. The number of H-pyrrole nitrogens is 1. The predicted octanol–water partition coefficient (Wildman–Crippen LogP) is 4.52. The van der Waals surface area contributed by atoms with Gasteiger partial charge in [-0.3, -0.25) is 0 Å². The van der Waals surface area contributed by atoms with E-state index in [0.29, 0.717) is 5.56 Å². The van der Waals surface area contributed by atoms with Crippen molar-refractivity contribution < 1.29 is 13.2 Å². The first-order chi connectivity index (χ1) is 15.3. The number of nitrogens with one attached hydrogen (secondary N) is 3. The van der Waals surface area contributed by atoms with Gasteiger partial charge < -0.3 is 15.6 Å². The second-order valence-electron chi connectivity index (χ2n) is 6.98. The van der Waals surface area contributed by atoms with Crippen molar-refractivity contribution in [3.63, 3.8) is 0 Å². The van der Waals surface area contributed by atoms with Gasteiger partial charge in [0.1, 0.15) is 17.5 Å². The van der Waals surface area contributed by atoms with E-state index in [9.17, 15) is 18.4 Å². The fourth-order valence-corrected chi connectivity index (χ4v) is 3.18. The monoisotopic (exact) mass is 438 g/mol. The highest BCUT2D eigenvalue weighted by Crippen LogP contribution is 2.35. The molecule has 3 N–H and O–H groups in total. The Kier molecular flexibility index (Phi) is 5.36. The zero-order valence-corrected chi connectivity index (χ0v) is 17.0. The van der Waals surface area contributed by atoms with Crippen LogP contribution in [0.2, 0.25) is 0 Å². The van der Waals surface area contributed by atoms with Gasteiger partial charge in [0, 0.05) is 36.6 Å². The van der Waals surface area contributed by atoms with Crippen LogP contribution in [0.25, 0.3) is 22.3 Å². The van der Waals surface area contributed by atoms with E-state index in [0.717, 1.165) is 23.6 Å². The molecule has 11 heteroatoms. The maximum atomic E-state index is 13.2. The SMILES string of the molecule is CNc1ccc(C(C)Nc2ncc(C#N)c(-c3c[nH]c4ncc(C(F)(F)F)cc34)n2)cn1. The van der Waals surface area contributed by atoms with Crippen LogP contribution < -0.4 is 10.6 Å². The van der Waals surface area contributed by atoms with Gasteiger partial charge in [0.05, 0.1) is 29.1 Å². The van der Waals surface area contributed by atoms with Gasteiger partial charge in [-0.15, -0.1) is 0 Å². The predicted molar refractivity (Wildman–Crippen MR) is 113 cm³/mol. The molecule has 0 aromatic carbocycles. The number of nitrogens with zero attached hydrogens (tertiary/aromatic N) is 5. The Morgan fingerprint density at radius 1 is 1.12 bits per heavy atom. The quantitative estimate of drug-likeness (QED) is 0.420. The second-order valence-corrected chi connectivity index (χ2v) is 6.98. The van der Waals surface area contributed by atoms with Gasteiger partial charge in [-0.05, 0) is 24.6 Å². The Labute approximate surface area is 180 Å². The summed E-state index contributed by atoms with van der Waals surface area (Å²) in [5.74, 6) is 0.947. The molecule has 162 valence electrons. The highest BCUT2D eigenvalue weighted by Gasteiger charge is 2.31.